The zero-order valence-electron chi connectivity index (χ0n) is 15.1. The number of carbonyl (C=O) groups excluding carboxylic acids is 2. The molecular formula is C18H20N4O5S. The van der Waals surface area contributed by atoms with Crippen molar-refractivity contribution in [1.29, 1.82) is 0 Å². The fourth-order valence-electron chi connectivity index (χ4n) is 2.85. The summed E-state index contributed by atoms with van der Waals surface area (Å²) in [6.45, 7) is 1.57. The fourth-order valence-corrected chi connectivity index (χ4v) is 3.39. The Hall–Kier alpha value is -3.11. The van der Waals surface area contributed by atoms with Crippen molar-refractivity contribution in [3.05, 3.63) is 48.0 Å². The third-order valence-corrected chi connectivity index (χ3v) is 5.18. The topological polar surface area (TPSA) is 131 Å². The van der Waals surface area contributed by atoms with Gasteiger partial charge in [0, 0.05) is 24.5 Å². The number of carbonyl (C=O) groups is 2. The minimum atomic E-state index is -3.95. The Labute approximate surface area is 162 Å². The molecule has 0 unspecified atom stereocenters. The van der Waals surface area contributed by atoms with E-state index >= 15 is 0 Å². The predicted molar refractivity (Wildman–Crippen MR) is 104 cm³/mol. The summed E-state index contributed by atoms with van der Waals surface area (Å²) >= 11 is 0. The highest BCUT2D eigenvalue weighted by atomic mass is 32.2. The standard InChI is InChI=1S/C18H20N4O5S/c1-27-16-7-6-14(28(19,25)26)10-15(16)18(24)21-12-2-4-13(5-3-12)22-9-8-20-17(23)11-22/h2-7,10H,8-9,11H2,1H3,(H,20,23)(H,21,24)(H2,19,25,26). The molecule has 10 heteroatoms. The van der Waals surface area contributed by atoms with Crippen molar-refractivity contribution in [3.63, 3.8) is 0 Å². The highest BCUT2D eigenvalue weighted by molar-refractivity contribution is 7.89. The van der Waals surface area contributed by atoms with Crippen LogP contribution in [0.4, 0.5) is 11.4 Å². The van der Waals surface area contributed by atoms with Gasteiger partial charge in [-0.25, -0.2) is 13.6 Å². The van der Waals surface area contributed by atoms with Crippen LogP contribution in [0.15, 0.2) is 47.4 Å². The molecule has 9 nitrogen and oxygen atoms in total. The minimum absolute atomic E-state index is 0.0366. The molecule has 0 bridgehead atoms. The molecule has 0 spiro atoms. The number of hydrogen-bond acceptors (Lipinski definition) is 6. The number of hydrogen-bond donors (Lipinski definition) is 3. The summed E-state index contributed by atoms with van der Waals surface area (Å²) in [7, 11) is -2.57. The SMILES string of the molecule is COc1ccc(S(N)(=O)=O)cc1C(=O)Nc1ccc(N2CCNC(=O)C2)cc1. The number of benzene rings is 2. The number of nitrogens with zero attached hydrogens (tertiary/aromatic N) is 1. The van der Waals surface area contributed by atoms with Gasteiger partial charge in [-0.05, 0) is 42.5 Å². The summed E-state index contributed by atoms with van der Waals surface area (Å²) in [5.41, 5.74) is 1.42. The van der Waals surface area contributed by atoms with Gasteiger partial charge in [0.1, 0.15) is 5.75 Å². The van der Waals surface area contributed by atoms with Gasteiger partial charge in [-0.2, -0.15) is 0 Å². The first-order chi connectivity index (χ1) is 13.3. The van der Waals surface area contributed by atoms with Crippen molar-refractivity contribution in [2.75, 3.05) is 37.0 Å². The Kier molecular flexibility index (Phi) is 5.52. The number of ether oxygens (including phenoxy) is 1. The van der Waals surface area contributed by atoms with E-state index in [1.165, 1.54) is 25.3 Å². The molecule has 0 aromatic heterocycles. The predicted octanol–water partition coefficient (Wildman–Crippen LogP) is 0.531. The quantitative estimate of drug-likeness (QED) is 0.666. The average Bonchev–Trinajstić information content (AvgIpc) is 2.67. The molecule has 3 rings (SSSR count). The van der Waals surface area contributed by atoms with E-state index in [0.717, 1.165) is 5.69 Å². The summed E-state index contributed by atoms with van der Waals surface area (Å²) in [6.07, 6.45) is 0. The molecule has 2 amide bonds. The molecule has 2 aromatic rings. The summed E-state index contributed by atoms with van der Waals surface area (Å²) < 4.78 is 28.2. The minimum Gasteiger partial charge on any atom is -0.496 e. The van der Waals surface area contributed by atoms with Gasteiger partial charge in [0.2, 0.25) is 15.9 Å². The lowest BCUT2D eigenvalue weighted by Crippen LogP contribution is -2.47. The Morgan fingerprint density at radius 3 is 2.54 bits per heavy atom. The molecule has 2 aromatic carbocycles. The second kappa shape index (κ2) is 7.87. The van der Waals surface area contributed by atoms with Gasteiger partial charge in [-0.1, -0.05) is 0 Å². The number of anilines is 2. The first-order valence-corrected chi connectivity index (χ1v) is 9.96. The summed E-state index contributed by atoms with van der Waals surface area (Å²) in [5.74, 6) is -0.348. The molecule has 1 fully saturated rings. The molecule has 0 atom stereocenters. The van der Waals surface area contributed by atoms with Gasteiger partial charge in [0.25, 0.3) is 5.91 Å². The molecule has 0 saturated carbocycles. The zero-order valence-corrected chi connectivity index (χ0v) is 16.0. The molecule has 1 saturated heterocycles. The van der Waals surface area contributed by atoms with Gasteiger partial charge in [0.15, 0.2) is 0 Å². The van der Waals surface area contributed by atoms with Gasteiger partial charge >= 0.3 is 0 Å². The van der Waals surface area contributed by atoms with Crippen LogP contribution < -0.4 is 25.4 Å². The number of sulfonamides is 1. The highest BCUT2D eigenvalue weighted by Gasteiger charge is 2.19. The number of nitrogens with two attached hydrogens (primary N) is 1. The second-order valence-electron chi connectivity index (χ2n) is 6.18. The zero-order chi connectivity index (χ0) is 20.3. The van der Waals surface area contributed by atoms with Crippen molar-refractivity contribution in [3.8, 4) is 5.75 Å². The molecular weight excluding hydrogens is 384 g/mol. The number of methoxy groups -OCH3 is 1. The Morgan fingerprint density at radius 1 is 1.21 bits per heavy atom. The van der Waals surface area contributed by atoms with Crippen molar-refractivity contribution in [1.82, 2.24) is 5.32 Å². The van der Waals surface area contributed by atoms with Gasteiger partial charge < -0.3 is 20.3 Å². The van der Waals surface area contributed by atoms with Gasteiger partial charge in [0.05, 0.1) is 24.1 Å². The van der Waals surface area contributed by atoms with Crippen LogP contribution in [0.2, 0.25) is 0 Å². The van der Waals surface area contributed by atoms with Crippen LogP contribution >= 0.6 is 0 Å². The van der Waals surface area contributed by atoms with E-state index in [4.69, 9.17) is 9.88 Å². The lowest BCUT2D eigenvalue weighted by Gasteiger charge is -2.28. The van der Waals surface area contributed by atoms with Gasteiger partial charge in [-0.3, -0.25) is 9.59 Å². The van der Waals surface area contributed by atoms with Crippen LogP contribution in [0, 0.1) is 0 Å². The van der Waals surface area contributed by atoms with Crippen LogP contribution in [-0.4, -0.2) is 47.0 Å². The number of primary sulfonamides is 1. The van der Waals surface area contributed by atoms with Crippen molar-refractivity contribution < 1.29 is 22.7 Å². The van der Waals surface area contributed by atoms with E-state index in [1.54, 1.807) is 24.3 Å². The molecule has 1 heterocycles. The van der Waals surface area contributed by atoms with Crippen LogP contribution in [0.1, 0.15) is 10.4 Å². The van der Waals surface area contributed by atoms with Gasteiger partial charge in [-0.15, -0.1) is 0 Å². The molecule has 148 valence electrons. The van der Waals surface area contributed by atoms with E-state index in [0.29, 0.717) is 18.8 Å². The lowest BCUT2D eigenvalue weighted by molar-refractivity contribution is -0.120. The number of rotatable bonds is 5. The van der Waals surface area contributed by atoms with Crippen LogP contribution in [0.25, 0.3) is 0 Å². The largest absolute Gasteiger partial charge is 0.496 e. The van der Waals surface area contributed by atoms with Crippen LogP contribution in [-0.2, 0) is 14.8 Å². The first kappa shape index (κ1) is 19.6. The highest BCUT2D eigenvalue weighted by Crippen LogP contribution is 2.24. The summed E-state index contributed by atoms with van der Waals surface area (Å²) in [6, 6.07) is 10.8. The maximum absolute atomic E-state index is 12.6. The molecule has 0 aliphatic carbocycles. The monoisotopic (exact) mass is 404 g/mol. The summed E-state index contributed by atoms with van der Waals surface area (Å²) in [5, 5.41) is 10.6. The van der Waals surface area contributed by atoms with E-state index in [2.05, 4.69) is 10.6 Å². The average molecular weight is 404 g/mol. The Morgan fingerprint density at radius 2 is 1.93 bits per heavy atom. The maximum Gasteiger partial charge on any atom is 0.259 e. The number of piperazine rings is 1. The van der Waals surface area contributed by atoms with Crippen molar-refractivity contribution >= 4 is 33.2 Å². The van der Waals surface area contributed by atoms with Crippen molar-refractivity contribution in [2.45, 2.75) is 4.90 Å². The van der Waals surface area contributed by atoms with Crippen molar-refractivity contribution in [2.24, 2.45) is 5.14 Å². The normalized spacial score (nSPS) is 14.4. The maximum atomic E-state index is 12.6. The molecule has 1 aliphatic rings. The number of amides is 2. The third kappa shape index (κ3) is 4.41. The van der Waals surface area contributed by atoms with E-state index in [9.17, 15) is 18.0 Å². The van der Waals surface area contributed by atoms with E-state index in [1.807, 2.05) is 4.90 Å². The molecule has 1 aliphatic heterocycles. The Bertz CT molecular complexity index is 1010. The molecule has 4 N–H and O–H groups in total. The second-order valence-corrected chi connectivity index (χ2v) is 7.74. The fraction of sp³-hybridized carbons (Fsp3) is 0.222. The summed E-state index contributed by atoms with van der Waals surface area (Å²) in [4.78, 5) is 25.9. The first-order valence-electron chi connectivity index (χ1n) is 8.42. The lowest BCUT2D eigenvalue weighted by atomic mass is 10.1. The molecule has 28 heavy (non-hydrogen) atoms. The third-order valence-electron chi connectivity index (χ3n) is 4.27. The van der Waals surface area contributed by atoms with Crippen LogP contribution in [0.3, 0.4) is 0 Å². The molecule has 0 radical (unpaired) electrons. The smallest absolute Gasteiger partial charge is 0.259 e. The van der Waals surface area contributed by atoms with E-state index < -0.39 is 15.9 Å². The van der Waals surface area contributed by atoms with E-state index in [-0.39, 0.29) is 28.7 Å². The Balaban J connectivity index is 1.78. The number of nitrogens with one attached hydrogen (secondary N) is 2. The van der Waals surface area contributed by atoms with Crippen LogP contribution in [0.5, 0.6) is 5.75 Å².